The highest BCUT2D eigenvalue weighted by Gasteiger charge is 2.10. The molecule has 0 atom stereocenters. The third-order valence-electron chi connectivity index (χ3n) is 4.82. The summed E-state index contributed by atoms with van der Waals surface area (Å²) in [4.78, 5) is 31.3. The van der Waals surface area contributed by atoms with Gasteiger partial charge in [-0.05, 0) is 55.6 Å². The molecular formula is C23H27N5O2S. The van der Waals surface area contributed by atoms with Crippen LogP contribution in [0.5, 0.6) is 0 Å². The highest BCUT2D eigenvalue weighted by atomic mass is 32.1. The molecule has 0 spiro atoms. The molecule has 0 saturated heterocycles. The van der Waals surface area contributed by atoms with Crippen LogP contribution < -0.4 is 16.0 Å². The minimum absolute atomic E-state index is 0.119. The minimum atomic E-state index is -0.223. The number of benzene rings is 2. The van der Waals surface area contributed by atoms with Gasteiger partial charge in [0.1, 0.15) is 0 Å². The van der Waals surface area contributed by atoms with Crippen LogP contribution in [0, 0.1) is 0 Å². The summed E-state index contributed by atoms with van der Waals surface area (Å²) in [7, 11) is 0. The largest absolute Gasteiger partial charge is 0.351 e. The smallest absolute Gasteiger partial charge is 0.255 e. The van der Waals surface area contributed by atoms with Crippen molar-refractivity contribution in [1.82, 2.24) is 15.2 Å². The quantitative estimate of drug-likeness (QED) is 0.442. The second-order valence-electron chi connectivity index (χ2n) is 6.86. The van der Waals surface area contributed by atoms with Crippen molar-refractivity contribution < 1.29 is 9.59 Å². The lowest BCUT2D eigenvalue weighted by atomic mass is 10.1. The third kappa shape index (κ3) is 6.63. The van der Waals surface area contributed by atoms with Crippen LogP contribution in [-0.2, 0) is 0 Å². The Morgan fingerprint density at radius 3 is 2.42 bits per heavy atom. The number of hydrogen-bond donors (Lipinski definition) is 3. The molecule has 162 valence electrons. The van der Waals surface area contributed by atoms with Crippen molar-refractivity contribution in [3.63, 3.8) is 0 Å². The van der Waals surface area contributed by atoms with Crippen molar-refractivity contribution in [2.45, 2.75) is 13.8 Å². The van der Waals surface area contributed by atoms with E-state index in [9.17, 15) is 9.59 Å². The lowest BCUT2D eigenvalue weighted by Gasteiger charge is -2.18. The van der Waals surface area contributed by atoms with Crippen molar-refractivity contribution in [2.75, 3.05) is 36.8 Å². The van der Waals surface area contributed by atoms with Crippen LogP contribution in [0.4, 0.5) is 16.5 Å². The summed E-state index contributed by atoms with van der Waals surface area (Å²) >= 11 is 1.49. The van der Waals surface area contributed by atoms with E-state index in [0.717, 1.165) is 30.5 Å². The van der Waals surface area contributed by atoms with Crippen LogP contribution in [0.25, 0.3) is 0 Å². The zero-order chi connectivity index (χ0) is 22.1. The SMILES string of the molecule is CCN(CC)CCNC(=O)c1ccc(NC(=O)c2cccc(Nc3nccs3)c2)cc1. The molecule has 7 nitrogen and oxygen atoms in total. The Morgan fingerprint density at radius 1 is 0.968 bits per heavy atom. The fourth-order valence-corrected chi connectivity index (χ4v) is 3.57. The van der Waals surface area contributed by atoms with Crippen molar-refractivity contribution in [3.8, 4) is 0 Å². The molecular weight excluding hydrogens is 410 g/mol. The summed E-state index contributed by atoms with van der Waals surface area (Å²) < 4.78 is 0. The average Bonchev–Trinajstić information content (AvgIpc) is 3.30. The van der Waals surface area contributed by atoms with Crippen LogP contribution in [0.3, 0.4) is 0 Å². The molecule has 0 aliphatic carbocycles. The molecule has 0 aliphatic heterocycles. The monoisotopic (exact) mass is 437 g/mol. The maximum Gasteiger partial charge on any atom is 0.255 e. The third-order valence-corrected chi connectivity index (χ3v) is 5.51. The summed E-state index contributed by atoms with van der Waals surface area (Å²) in [6.45, 7) is 7.56. The zero-order valence-corrected chi connectivity index (χ0v) is 18.5. The van der Waals surface area contributed by atoms with E-state index in [2.05, 4.69) is 39.7 Å². The van der Waals surface area contributed by atoms with Gasteiger partial charge in [-0.25, -0.2) is 4.98 Å². The van der Waals surface area contributed by atoms with Crippen LogP contribution >= 0.6 is 11.3 Å². The van der Waals surface area contributed by atoms with Gasteiger partial charge in [-0.2, -0.15) is 0 Å². The number of carbonyl (C=O) groups excluding carboxylic acids is 2. The number of rotatable bonds is 10. The summed E-state index contributed by atoms with van der Waals surface area (Å²) in [6.07, 6.45) is 1.72. The molecule has 1 heterocycles. The van der Waals surface area contributed by atoms with Gasteiger partial charge in [0.25, 0.3) is 11.8 Å². The van der Waals surface area contributed by atoms with Gasteiger partial charge < -0.3 is 20.9 Å². The number of likely N-dealkylation sites (N-methyl/N-ethyl adjacent to an activating group) is 1. The van der Waals surface area contributed by atoms with Gasteiger partial charge in [0, 0.05) is 47.2 Å². The van der Waals surface area contributed by atoms with E-state index in [1.165, 1.54) is 11.3 Å². The van der Waals surface area contributed by atoms with Gasteiger partial charge in [-0.15, -0.1) is 11.3 Å². The van der Waals surface area contributed by atoms with E-state index in [1.54, 1.807) is 42.6 Å². The zero-order valence-electron chi connectivity index (χ0n) is 17.7. The number of hydrogen-bond acceptors (Lipinski definition) is 6. The lowest BCUT2D eigenvalue weighted by molar-refractivity contribution is 0.0948. The molecule has 0 bridgehead atoms. The average molecular weight is 438 g/mol. The molecule has 0 saturated carbocycles. The number of nitrogens with one attached hydrogen (secondary N) is 3. The normalized spacial score (nSPS) is 10.7. The highest BCUT2D eigenvalue weighted by Crippen LogP contribution is 2.20. The van der Waals surface area contributed by atoms with Crippen molar-refractivity contribution in [2.24, 2.45) is 0 Å². The van der Waals surface area contributed by atoms with E-state index < -0.39 is 0 Å². The lowest BCUT2D eigenvalue weighted by Crippen LogP contribution is -2.34. The maximum absolute atomic E-state index is 12.6. The van der Waals surface area contributed by atoms with E-state index in [4.69, 9.17) is 0 Å². The number of carbonyl (C=O) groups is 2. The van der Waals surface area contributed by atoms with Crippen LogP contribution in [-0.4, -0.2) is 47.9 Å². The maximum atomic E-state index is 12.6. The number of aromatic nitrogens is 1. The Hall–Kier alpha value is -3.23. The van der Waals surface area contributed by atoms with Gasteiger partial charge >= 0.3 is 0 Å². The van der Waals surface area contributed by atoms with Gasteiger partial charge in [-0.3, -0.25) is 9.59 Å². The number of nitrogens with zero attached hydrogens (tertiary/aromatic N) is 2. The molecule has 3 aromatic rings. The summed E-state index contributed by atoms with van der Waals surface area (Å²) in [5.41, 5.74) is 2.51. The molecule has 8 heteroatoms. The molecule has 0 aliphatic rings. The highest BCUT2D eigenvalue weighted by molar-refractivity contribution is 7.13. The first kappa shape index (κ1) is 22.5. The summed E-state index contributed by atoms with van der Waals surface area (Å²) in [5.74, 6) is -0.342. The second kappa shape index (κ2) is 11.2. The first-order valence-electron chi connectivity index (χ1n) is 10.3. The molecule has 0 unspecified atom stereocenters. The molecule has 0 fully saturated rings. The standard InChI is InChI=1S/C23H27N5O2S/c1-3-28(4-2)14-12-24-21(29)17-8-10-19(11-9-17)26-22(30)18-6-5-7-20(16-18)27-23-25-13-15-31-23/h5-11,13,15-16H,3-4,12,14H2,1-2H3,(H,24,29)(H,25,27)(H,26,30). The van der Waals surface area contributed by atoms with E-state index in [1.807, 2.05) is 17.5 Å². The molecule has 3 rings (SSSR count). The second-order valence-corrected chi connectivity index (χ2v) is 7.75. The van der Waals surface area contributed by atoms with E-state index in [0.29, 0.717) is 23.4 Å². The molecule has 1 aromatic heterocycles. The predicted octanol–water partition coefficient (Wildman–Crippen LogP) is 4.21. The molecule has 2 amide bonds. The Morgan fingerprint density at radius 2 is 1.74 bits per heavy atom. The number of amides is 2. The van der Waals surface area contributed by atoms with Gasteiger partial charge in [0.2, 0.25) is 0 Å². The van der Waals surface area contributed by atoms with Crippen LogP contribution in [0.15, 0.2) is 60.1 Å². The molecule has 0 radical (unpaired) electrons. The number of anilines is 3. The predicted molar refractivity (Wildman–Crippen MR) is 126 cm³/mol. The van der Waals surface area contributed by atoms with Crippen molar-refractivity contribution in [3.05, 3.63) is 71.2 Å². The fourth-order valence-electron chi connectivity index (χ4n) is 3.02. The van der Waals surface area contributed by atoms with Crippen molar-refractivity contribution in [1.29, 1.82) is 0 Å². The Bertz CT molecular complexity index is 985. The Kier molecular flexibility index (Phi) is 8.14. The minimum Gasteiger partial charge on any atom is -0.351 e. The molecule has 3 N–H and O–H groups in total. The molecule has 2 aromatic carbocycles. The van der Waals surface area contributed by atoms with Crippen molar-refractivity contribution >= 4 is 39.7 Å². The first-order chi connectivity index (χ1) is 15.1. The van der Waals surface area contributed by atoms with Gasteiger partial charge in [0.15, 0.2) is 5.13 Å². The van der Waals surface area contributed by atoms with Gasteiger partial charge in [-0.1, -0.05) is 19.9 Å². The van der Waals surface area contributed by atoms with Gasteiger partial charge in [0.05, 0.1) is 0 Å². The van der Waals surface area contributed by atoms with Crippen LogP contribution in [0.2, 0.25) is 0 Å². The summed E-state index contributed by atoms with van der Waals surface area (Å²) in [5, 5.41) is 11.6. The Balaban J connectivity index is 1.54. The fraction of sp³-hybridized carbons (Fsp3) is 0.261. The van der Waals surface area contributed by atoms with Crippen LogP contribution in [0.1, 0.15) is 34.6 Å². The van der Waals surface area contributed by atoms with E-state index >= 15 is 0 Å². The topological polar surface area (TPSA) is 86.4 Å². The summed E-state index contributed by atoms with van der Waals surface area (Å²) in [6, 6.07) is 14.1. The molecule has 31 heavy (non-hydrogen) atoms. The Labute approximate surface area is 186 Å². The first-order valence-corrected chi connectivity index (χ1v) is 11.2. The van der Waals surface area contributed by atoms with E-state index in [-0.39, 0.29) is 11.8 Å². The number of thiazole rings is 1.